The van der Waals surface area contributed by atoms with Gasteiger partial charge in [-0.15, -0.1) is 0 Å². The minimum absolute atomic E-state index is 0.171. The Bertz CT molecular complexity index is 1010. The highest BCUT2D eigenvalue weighted by atomic mass is 19.1. The standard InChI is InChI=1S/C22H29FN8O/c1-3-20(32)30-12-10-16(14-30)28-22(26-2)27-11-4-5-19-18(13-24)21(25)31(29-19)17-8-6-15(23)7-9-17/h6-9,16H,3-5,10-12,14,25H2,1-2H3,(H2,26,27,28). The number of anilines is 1. The van der Waals surface area contributed by atoms with Crippen LogP contribution in [-0.2, 0) is 11.2 Å². The molecule has 1 atom stereocenters. The van der Waals surface area contributed by atoms with Crippen molar-refractivity contribution in [1.29, 1.82) is 5.26 Å². The van der Waals surface area contributed by atoms with Gasteiger partial charge in [0.05, 0.1) is 11.4 Å². The lowest BCUT2D eigenvalue weighted by Gasteiger charge is -2.18. The summed E-state index contributed by atoms with van der Waals surface area (Å²) in [7, 11) is 1.71. The fourth-order valence-corrected chi connectivity index (χ4v) is 3.73. The van der Waals surface area contributed by atoms with Gasteiger partial charge in [-0.05, 0) is 43.5 Å². The van der Waals surface area contributed by atoms with Crippen LogP contribution in [0.1, 0.15) is 37.4 Å². The van der Waals surface area contributed by atoms with E-state index in [4.69, 9.17) is 5.73 Å². The lowest BCUT2D eigenvalue weighted by Crippen LogP contribution is -2.45. The zero-order valence-corrected chi connectivity index (χ0v) is 18.4. The number of nitrogens with zero attached hydrogens (tertiary/aromatic N) is 5. The maximum Gasteiger partial charge on any atom is 0.222 e. The second-order valence-electron chi connectivity index (χ2n) is 7.63. The van der Waals surface area contributed by atoms with Crippen molar-refractivity contribution in [3.8, 4) is 11.8 Å². The van der Waals surface area contributed by atoms with Gasteiger partial charge in [0, 0.05) is 39.1 Å². The first kappa shape index (κ1) is 23.1. The zero-order chi connectivity index (χ0) is 23.1. The number of halogens is 1. The molecule has 2 aromatic rings. The Labute approximate surface area is 187 Å². The van der Waals surface area contributed by atoms with Gasteiger partial charge in [-0.2, -0.15) is 10.4 Å². The van der Waals surface area contributed by atoms with Crippen LogP contribution >= 0.6 is 0 Å². The number of carbonyl (C=O) groups is 1. The molecule has 0 saturated carbocycles. The molecule has 1 aromatic carbocycles. The molecule has 2 heterocycles. The van der Waals surface area contributed by atoms with Gasteiger partial charge in [-0.3, -0.25) is 9.79 Å². The third kappa shape index (κ3) is 5.35. The summed E-state index contributed by atoms with van der Waals surface area (Å²) in [5.74, 6) is 0.741. The van der Waals surface area contributed by atoms with Gasteiger partial charge in [0.25, 0.3) is 0 Å². The van der Waals surface area contributed by atoms with Crippen LogP contribution in [0.2, 0.25) is 0 Å². The number of nitrogens with two attached hydrogens (primary N) is 1. The second kappa shape index (κ2) is 10.6. The quantitative estimate of drug-likeness (QED) is 0.341. The summed E-state index contributed by atoms with van der Waals surface area (Å²) in [6, 6.07) is 8.08. The molecule has 32 heavy (non-hydrogen) atoms. The minimum atomic E-state index is -0.351. The summed E-state index contributed by atoms with van der Waals surface area (Å²) in [5.41, 5.74) is 7.64. The number of aliphatic imine (C=N–C) groups is 1. The molecule has 10 heteroatoms. The number of hydrogen-bond donors (Lipinski definition) is 3. The van der Waals surface area contributed by atoms with Crippen molar-refractivity contribution in [1.82, 2.24) is 25.3 Å². The molecule has 1 aliphatic rings. The number of guanidine groups is 1. The van der Waals surface area contributed by atoms with Gasteiger partial charge >= 0.3 is 0 Å². The molecule has 1 saturated heterocycles. The number of aromatic nitrogens is 2. The Hall–Kier alpha value is -3.61. The number of aryl methyl sites for hydroxylation is 1. The van der Waals surface area contributed by atoms with Crippen molar-refractivity contribution in [2.24, 2.45) is 4.99 Å². The predicted molar refractivity (Wildman–Crippen MR) is 121 cm³/mol. The van der Waals surface area contributed by atoms with E-state index in [1.807, 2.05) is 11.8 Å². The molecule has 1 fully saturated rings. The molecule has 4 N–H and O–H groups in total. The highest BCUT2D eigenvalue weighted by Crippen LogP contribution is 2.21. The van der Waals surface area contributed by atoms with Crippen LogP contribution in [0, 0.1) is 17.1 Å². The van der Waals surface area contributed by atoms with Crippen LogP contribution < -0.4 is 16.4 Å². The van der Waals surface area contributed by atoms with E-state index < -0.39 is 0 Å². The Morgan fingerprint density at radius 3 is 2.81 bits per heavy atom. The summed E-state index contributed by atoms with van der Waals surface area (Å²) in [6.07, 6.45) is 2.66. The number of amides is 1. The Morgan fingerprint density at radius 1 is 1.41 bits per heavy atom. The molecular weight excluding hydrogens is 411 g/mol. The molecule has 3 rings (SSSR count). The Balaban J connectivity index is 1.53. The van der Waals surface area contributed by atoms with E-state index in [2.05, 4.69) is 26.8 Å². The molecule has 0 spiro atoms. The monoisotopic (exact) mass is 440 g/mol. The highest BCUT2D eigenvalue weighted by molar-refractivity contribution is 5.80. The smallest absolute Gasteiger partial charge is 0.222 e. The maximum absolute atomic E-state index is 13.2. The van der Waals surface area contributed by atoms with Crippen molar-refractivity contribution < 1.29 is 9.18 Å². The lowest BCUT2D eigenvalue weighted by molar-refractivity contribution is -0.129. The minimum Gasteiger partial charge on any atom is -0.382 e. The number of hydrogen-bond acceptors (Lipinski definition) is 5. The number of carbonyl (C=O) groups excluding carboxylic acids is 1. The van der Waals surface area contributed by atoms with E-state index in [9.17, 15) is 14.4 Å². The molecule has 0 radical (unpaired) electrons. The summed E-state index contributed by atoms with van der Waals surface area (Å²) in [4.78, 5) is 18.0. The summed E-state index contributed by atoms with van der Waals surface area (Å²) in [6.45, 7) is 3.94. The number of nitrogen functional groups attached to an aromatic ring is 1. The summed E-state index contributed by atoms with van der Waals surface area (Å²) >= 11 is 0. The first-order chi connectivity index (χ1) is 15.5. The van der Waals surface area contributed by atoms with Gasteiger partial charge in [0.1, 0.15) is 23.3 Å². The van der Waals surface area contributed by atoms with Crippen molar-refractivity contribution in [3.63, 3.8) is 0 Å². The van der Waals surface area contributed by atoms with E-state index in [0.29, 0.717) is 55.3 Å². The average molecular weight is 441 g/mol. The van der Waals surface area contributed by atoms with Crippen molar-refractivity contribution in [3.05, 3.63) is 41.3 Å². The van der Waals surface area contributed by atoms with Crippen LogP contribution in [-0.4, -0.2) is 59.3 Å². The molecule has 9 nitrogen and oxygen atoms in total. The molecule has 170 valence electrons. The normalized spacial score (nSPS) is 16.1. The SMILES string of the molecule is CCC(=O)N1CCC(NC(=NC)NCCCc2nn(-c3ccc(F)cc3)c(N)c2C#N)C1. The molecule has 0 bridgehead atoms. The maximum atomic E-state index is 13.2. The van der Waals surface area contributed by atoms with Crippen LogP contribution in [0.3, 0.4) is 0 Å². The van der Waals surface area contributed by atoms with E-state index in [-0.39, 0.29) is 23.6 Å². The van der Waals surface area contributed by atoms with Crippen molar-refractivity contribution in [2.45, 2.75) is 38.6 Å². The number of rotatable bonds is 7. The fraction of sp³-hybridized carbons (Fsp3) is 0.455. The number of nitrogens with one attached hydrogen (secondary N) is 2. The lowest BCUT2D eigenvalue weighted by atomic mass is 10.1. The fourth-order valence-electron chi connectivity index (χ4n) is 3.73. The number of nitriles is 1. The topological polar surface area (TPSA) is 124 Å². The van der Waals surface area contributed by atoms with Crippen LogP contribution in [0.5, 0.6) is 0 Å². The van der Waals surface area contributed by atoms with Gasteiger partial charge in [0.2, 0.25) is 5.91 Å². The Morgan fingerprint density at radius 2 is 2.16 bits per heavy atom. The van der Waals surface area contributed by atoms with E-state index in [1.165, 1.54) is 16.8 Å². The molecule has 1 aromatic heterocycles. The van der Waals surface area contributed by atoms with Gasteiger partial charge in [0.15, 0.2) is 5.96 Å². The van der Waals surface area contributed by atoms with E-state index in [0.717, 1.165) is 13.0 Å². The van der Waals surface area contributed by atoms with E-state index in [1.54, 1.807) is 19.2 Å². The zero-order valence-electron chi connectivity index (χ0n) is 18.4. The number of likely N-dealkylation sites (tertiary alicyclic amines) is 1. The molecule has 1 amide bonds. The highest BCUT2D eigenvalue weighted by Gasteiger charge is 2.25. The molecule has 1 unspecified atom stereocenters. The predicted octanol–water partition coefficient (Wildman–Crippen LogP) is 1.57. The van der Waals surface area contributed by atoms with Crippen LogP contribution in [0.25, 0.3) is 5.69 Å². The summed E-state index contributed by atoms with van der Waals surface area (Å²) in [5, 5.41) is 20.6. The molecule has 0 aliphatic carbocycles. The van der Waals surface area contributed by atoms with Gasteiger partial charge in [-0.1, -0.05) is 6.92 Å². The Kier molecular flexibility index (Phi) is 7.65. The second-order valence-corrected chi connectivity index (χ2v) is 7.63. The van der Waals surface area contributed by atoms with Gasteiger partial charge in [-0.25, -0.2) is 9.07 Å². The third-order valence-electron chi connectivity index (χ3n) is 5.47. The van der Waals surface area contributed by atoms with Crippen molar-refractivity contribution >= 4 is 17.7 Å². The first-order valence-corrected chi connectivity index (χ1v) is 10.7. The number of benzene rings is 1. The van der Waals surface area contributed by atoms with E-state index >= 15 is 0 Å². The average Bonchev–Trinajstić information content (AvgIpc) is 3.40. The third-order valence-corrected chi connectivity index (χ3v) is 5.47. The van der Waals surface area contributed by atoms with Gasteiger partial charge < -0.3 is 21.3 Å². The van der Waals surface area contributed by atoms with Crippen LogP contribution in [0.4, 0.5) is 10.2 Å². The van der Waals surface area contributed by atoms with Crippen LogP contribution in [0.15, 0.2) is 29.3 Å². The molecular formula is C22H29FN8O. The first-order valence-electron chi connectivity index (χ1n) is 10.7. The summed E-state index contributed by atoms with van der Waals surface area (Å²) < 4.78 is 14.7. The largest absolute Gasteiger partial charge is 0.382 e. The van der Waals surface area contributed by atoms with Crippen molar-refractivity contribution in [2.75, 3.05) is 32.4 Å². The molecule has 1 aliphatic heterocycles.